The monoisotopic (exact) mass is 320 g/mol. The quantitative estimate of drug-likeness (QED) is 0.859. The third-order valence-corrected chi connectivity index (χ3v) is 5.26. The Kier molecular flexibility index (Phi) is 3.85. The first-order chi connectivity index (χ1) is 10.8. The van der Waals surface area contributed by atoms with Gasteiger partial charge in [0, 0.05) is 32.1 Å². The molecule has 0 bridgehead atoms. The van der Waals surface area contributed by atoms with Crippen molar-refractivity contribution in [3.63, 3.8) is 0 Å². The molecule has 2 atom stereocenters. The van der Waals surface area contributed by atoms with Crippen LogP contribution >= 0.6 is 11.3 Å². The van der Waals surface area contributed by atoms with E-state index in [2.05, 4.69) is 20.0 Å². The van der Waals surface area contributed by atoms with Gasteiger partial charge in [0.15, 0.2) is 0 Å². The number of anilines is 1. The van der Waals surface area contributed by atoms with Crippen LogP contribution < -0.4 is 4.90 Å². The van der Waals surface area contributed by atoms with Crippen LogP contribution in [-0.2, 0) is 11.3 Å². The Labute approximate surface area is 133 Å². The fourth-order valence-electron chi connectivity index (χ4n) is 3.30. The van der Waals surface area contributed by atoms with Gasteiger partial charge in [0.2, 0.25) is 5.13 Å². The van der Waals surface area contributed by atoms with Crippen molar-refractivity contribution in [1.82, 2.24) is 15.1 Å². The minimum absolute atomic E-state index is 0.297. The smallest absolute Gasteiger partial charge is 0.208 e. The highest BCUT2D eigenvalue weighted by Gasteiger charge is 2.37. The van der Waals surface area contributed by atoms with Gasteiger partial charge in [0.05, 0.1) is 25.5 Å². The molecule has 0 aromatic carbocycles. The average Bonchev–Trinajstić information content (AvgIpc) is 3.20. The van der Waals surface area contributed by atoms with Gasteiger partial charge in [0.25, 0.3) is 0 Å². The third kappa shape index (κ3) is 2.88. The molecule has 2 fully saturated rings. The van der Waals surface area contributed by atoms with E-state index < -0.39 is 0 Å². The maximum Gasteiger partial charge on any atom is 0.208 e. The fourth-order valence-corrected chi connectivity index (χ4v) is 4.00. The molecule has 22 heavy (non-hydrogen) atoms. The lowest BCUT2D eigenvalue weighted by Crippen LogP contribution is -2.32. The molecule has 7 heteroatoms. The first kappa shape index (κ1) is 14.2. The van der Waals surface area contributed by atoms with Crippen molar-refractivity contribution < 1.29 is 9.15 Å². The van der Waals surface area contributed by atoms with Crippen LogP contribution in [0.15, 0.2) is 22.8 Å². The first-order valence-corrected chi connectivity index (χ1v) is 8.51. The molecule has 0 radical (unpaired) electrons. The second kappa shape index (κ2) is 5.98. The molecule has 118 valence electrons. The zero-order chi connectivity index (χ0) is 14.9. The molecule has 2 aromatic heterocycles. The predicted octanol–water partition coefficient (Wildman–Crippen LogP) is 1.78. The highest BCUT2D eigenvalue weighted by atomic mass is 32.1. The van der Waals surface area contributed by atoms with E-state index in [1.165, 1.54) is 0 Å². The van der Waals surface area contributed by atoms with E-state index >= 15 is 0 Å². The topological polar surface area (TPSA) is 54.6 Å². The van der Waals surface area contributed by atoms with Crippen molar-refractivity contribution in [3.8, 4) is 0 Å². The molecule has 4 heterocycles. The molecule has 0 saturated carbocycles. The number of aromatic nitrogens is 2. The minimum atomic E-state index is 0.297. The van der Waals surface area contributed by atoms with E-state index in [-0.39, 0.29) is 0 Å². The fraction of sp³-hybridized carbons (Fsp3) is 0.600. The van der Waals surface area contributed by atoms with Crippen LogP contribution in [0.1, 0.15) is 10.8 Å². The van der Waals surface area contributed by atoms with E-state index in [1.807, 2.05) is 19.1 Å². The van der Waals surface area contributed by atoms with Crippen LogP contribution in [0.5, 0.6) is 0 Å². The van der Waals surface area contributed by atoms with Gasteiger partial charge >= 0.3 is 0 Å². The van der Waals surface area contributed by atoms with Crippen molar-refractivity contribution in [2.45, 2.75) is 19.6 Å². The largest absolute Gasteiger partial charge is 0.468 e. The molecule has 2 aliphatic heterocycles. The summed E-state index contributed by atoms with van der Waals surface area (Å²) >= 11 is 1.66. The number of nitrogens with zero attached hydrogens (tertiary/aromatic N) is 4. The summed E-state index contributed by atoms with van der Waals surface area (Å²) in [6.45, 7) is 7.56. The van der Waals surface area contributed by atoms with E-state index in [0.29, 0.717) is 12.0 Å². The second-order valence-electron chi connectivity index (χ2n) is 5.99. The molecular weight excluding hydrogens is 300 g/mol. The summed E-state index contributed by atoms with van der Waals surface area (Å²) in [4.78, 5) is 4.74. The molecule has 0 spiro atoms. The lowest BCUT2D eigenvalue weighted by molar-refractivity contribution is 0.0578. The van der Waals surface area contributed by atoms with Gasteiger partial charge < -0.3 is 14.1 Å². The molecular formula is C15H20N4O2S. The van der Waals surface area contributed by atoms with Crippen molar-refractivity contribution >= 4 is 16.5 Å². The lowest BCUT2D eigenvalue weighted by atomic mass is 10.1. The molecule has 2 aliphatic rings. The van der Waals surface area contributed by atoms with Gasteiger partial charge in [-0.1, -0.05) is 11.3 Å². The number of rotatable bonds is 3. The van der Waals surface area contributed by atoms with Crippen LogP contribution in [0.2, 0.25) is 0 Å². The Morgan fingerprint density at radius 2 is 2.27 bits per heavy atom. The van der Waals surface area contributed by atoms with Gasteiger partial charge in [0.1, 0.15) is 10.8 Å². The van der Waals surface area contributed by atoms with Crippen molar-refractivity contribution in [2.24, 2.45) is 5.92 Å². The summed E-state index contributed by atoms with van der Waals surface area (Å²) in [6.07, 6.45) is 2.03. The molecule has 2 saturated heterocycles. The number of furan rings is 1. The Morgan fingerprint density at radius 3 is 3.05 bits per heavy atom. The van der Waals surface area contributed by atoms with Crippen molar-refractivity contribution in [2.75, 3.05) is 37.7 Å². The van der Waals surface area contributed by atoms with Crippen LogP contribution in [0.4, 0.5) is 5.13 Å². The Balaban J connectivity index is 1.43. The van der Waals surface area contributed by atoms with Crippen LogP contribution in [0.25, 0.3) is 0 Å². The predicted molar refractivity (Wildman–Crippen MR) is 84.1 cm³/mol. The Bertz CT molecular complexity index is 615. The molecule has 2 aromatic rings. The maximum absolute atomic E-state index is 6.08. The van der Waals surface area contributed by atoms with E-state index in [4.69, 9.17) is 9.15 Å². The molecule has 0 N–H and O–H groups in total. The first-order valence-electron chi connectivity index (χ1n) is 7.69. The van der Waals surface area contributed by atoms with Gasteiger partial charge in [-0.15, -0.1) is 10.2 Å². The summed E-state index contributed by atoms with van der Waals surface area (Å²) in [5, 5.41) is 10.4. The summed E-state index contributed by atoms with van der Waals surface area (Å²) in [7, 11) is 0. The summed E-state index contributed by atoms with van der Waals surface area (Å²) in [5.41, 5.74) is 0. The second-order valence-corrected chi connectivity index (χ2v) is 7.15. The van der Waals surface area contributed by atoms with Crippen LogP contribution in [0, 0.1) is 12.8 Å². The van der Waals surface area contributed by atoms with Gasteiger partial charge in [-0.3, -0.25) is 4.90 Å². The highest BCUT2D eigenvalue weighted by Crippen LogP contribution is 2.30. The van der Waals surface area contributed by atoms with E-state index in [1.54, 1.807) is 17.6 Å². The summed E-state index contributed by atoms with van der Waals surface area (Å²) < 4.78 is 11.5. The number of ether oxygens (including phenoxy) is 1. The number of aryl methyl sites for hydroxylation is 1. The third-order valence-electron chi connectivity index (χ3n) is 4.36. The zero-order valence-corrected chi connectivity index (χ0v) is 13.5. The number of hydrogen-bond acceptors (Lipinski definition) is 7. The maximum atomic E-state index is 6.08. The SMILES string of the molecule is Cc1nnc(N2C[C@H]3CN(Cc4ccco4)CCO[C@H]3C2)s1. The summed E-state index contributed by atoms with van der Waals surface area (Å²) in [6, 6.07) is 3.98. The van der Waals surface area contributed by atoms with Gasteiger partial charge in [-0.2, -0.15) is 0 Å². The Morgan fingerprint density at radius 1 is 1.32 bits per heavy atom. The minimum Gasteiger partial charge on any atom is -0.468 e. The normalized spacial score (nSPS) is 26.1. The van der Waals surface area contributed by atoms with Crippen molar-refractivity contribution in [3.05, 3.63) is 29.2 Å². The molecule has 0 aliphatic carbocycles. The molecule has 0 amide bonds. The van der Waals surface area contributed by atoms with Crippen LogP contribution in [-0.4, -0.2) is 54.0 Å². The zero-order valence-electron chi connectivity index (χ0n) is 12.6. The van der Waals surface area contributed by atoms with Crippen LogP contribution in [0.3, 0.4) is 0 Å². The molecule has 0 unspecified atom stereocenters. The van der Waals surface area contributed by atoms with E-state index in [9.17, 15) is 0 Å². The standard InChI is InChI=1S/C15H20N4O2S/c1-11-16-17-15(22-11)19-8-12-7-18(4-6-21-14(12)10-19)9-13-3-2-5-20-13/h2-3,5,12,14H,4,6-10H2,1H3/t12-,14+/m1/s1. The Hall–Kier alpha value is -1.44. The lowest BCUT2D eigenvalue weighted by Gasteiger charge is -2.22. The van der Waals surface area contributed by atoms with Gasteiger partial charge in [-0.25, -0.2) is 0 Å². The van der Waals surface area contributed by atoms with Crippen molar-refractivity contribution in [1.29, 1.82) is 0 Å². The van der Waals surface area contributed by atoms with E-state index in [0.717, 1.165) is 55.2 Å². The highest BCUT2D eigenvalue weighted by molar-refractivity contribution is 7.15. The number of fused-ring (bicyclic) bond motifs is 1. The number of hydrogen-bond donors (Lipinski definition) is 0. The van der Waals surface area contributed by atoms with Gasteiger partial charge in [-0.05, 0) is 19.1 Å². The molecule has 4 rings (SSSR count). The average molecular weight is 320 g/mol. The molecule has 6 nitrogen and oxygen atoms in total. The summed E-state index contributed by atoms with van der Waals surface area (Å²) in [5.74, 6) is 1.54.